The summed E-state index contributed by atoms with van der Waals surface area (Å²) in [5, 5.41) is 20.7. The van der Waals surface area contributed by atoms with Gasteiger partial charge in [0.1, 0.15) is 0 Å². The Morgan fingerprint density at radius 3 is 1.20 bits per heavy atom. The number of aliphatic imine (C=N–C) groups is 4. The van der Waals surface area contributed by atoms with Crippen molar-refractivity contribution in [3.8, 4) is 0 Å². The maximum atomic E-state index is 9.00. The molecule has 44 heavy (non-hydrogen) atoms. The quantitative estimate of drug-likeness (QED) is 0.0946. The minimum atomic E-state index is -0.833. The molecule has 2 saturated carbocycles. The summed E-state index contributed by atoms with van der Waals surface area (Å²) in [6, 6.07) is 0.428. The van der Waals surface area contributed by atoms with Crippen molar-refractivity contribution in [1.29, 1.82) is 0 Å². The molecule has 2 unspecified atom stereocenters. The summed E-state index contributed by atoms with van der Waals surface area (Å²) in [6.45, 7) is 7.74. The Kier molecular flexibility index (Phi) is 22.8. The molecule has 14 nitrogen and oxygen atoms in total. The lowest BCUT2D eigenvalue weighted by Crippen LogP contribution is -2.42. The maximum Gasteiger partial charge on any atom is 0.300 e. The van der Waals surface area contributed by atoms with Crippen LogP contribution in [0.4, 0.5) is 0 Å². The summed E-state index contributed by atoms with van der Waals surface area (Å²) in [7, 11) is 0. The Morgan fingerprint density at radius 2 is 0.909 bits per heavy atom. The van der Waals surface area contributed by atoms with Crippen molar-refractivity contribution in [2.45, 2.75) is 130 Å². The molecule has 0 radical (unpaired) electrons. The van der Waals surface area contributed by atoms with E-state index in [1.165, 1.54) is 64.2 Å². The first kappa shape index (κ1) is 40.4. The topological polar surface area (TPSA) is 252 Å². The fourth-order valence-corrected chi connectivity index (χ4v) is 5.26. The van der Waals surface area contributed by atoms with Gasteiger partial charge in [0.15, 0.2) is 23.8 Å². The van der Waals surface area contributed by atoms with E-state index in [0.29, 0.717) is 48.8 Å². The first-order chi connectivity index (χ1) is 20.8. The summed E-state index contributed by atoms with van der Waals surface area (Å²) in [5.41, 5.74) is 23.9. The van der Waals surface area contributed by atoms with E-state index in [0.717, 1.165) is 39.5 Å². The fraction of sp³-hybridized carbons (Fsp3) is 0.800. The lowest BCUT2D eigenvalue weighted by molar-refractivity contribution is -0.135. The van der Waals surface area contributed by atoms with E-state index in [2.05, 4.69) is 44.5 Å². The van der Waals surface area contributed by atoms with Gasteiger partial charge in [0, 0.05) is 26.9 Å². The highest BCUT2D eigenvalue weighted by molar-refractivity contribution is 5.97. The number of hydrogen-bond donors (Lipinski definition) is 8. The van der Waals surface area contributed by atoms with Crippen LogP contribution >= 0.6 is 0 Å². The van der Waals surface area contributed by atoms with Gasteiger partial charge in [0.25, 0.3) is 11.9 Å². The van der Waals surface area contributed by atoms with E-state index < -0.39 is 11.9 Å². The van der Waals surface area contributed by atoms with E-state index in [1.807, 2.05) is 0 Å². The van der Waals surface area contributed by atoms with Gasteiger partial charge < -0.3 is 33.1 Å². The van der Waals surface area contributed by atoms with Gasteiger partial charge >= 0.3 is 0 Å². The molecule has 0 aromatic carbocycles. The molecule has 2 fully saturated rings. The Bertz CT molecular complexity index is 845. The van der Waals surface area contributed by atoms with E-state index in [1.54, 1.807) is 0 Å². The predicted octanol–water partition coefficient (Wildman–Crippen LogP) is 3.10. The molecule has 2 aliphatic carbocycles. The number of carboxylic acid groups (broad SMARTS) is 2. The Balaban J connectivity index is 0.00000205. The van der Waals surface area contributed by atoms with Crippen LogP contribution in [0.2, 0.25) is 0 Å². The number of carbonyl (C=O) groups is 2. The predicted molar refractivity (Wildman–Crippen MR) is 180 cm³/mol. The molecule has 0 heterocycles. The number of rotatable bonds is 11. The van der Waals surface area contributed by atoms with E-state index in [9.17, 15) is 0 Å². The maximum absolute atomic E-state index is 9.00. The molecule has 0 amide bonds. The molecule has 2 rings (SSSR count). The van der Waals surface area contributed by atoms with Gasteiger partial charge in [-0.3, -0.25) is 30.2 Å². The second-order valence-electron chi connectivity index (χ2n) is 11.5. The van der Waals surface area contributed by atoms with Gasteiger partial charge in [-0.05, 0) is 64.2 Å². The molecule has 0 aliphatic heterocycles. The van der Waals surface area contributed by atoms with Gasteiger partial charge in [-0.2, -0.15) is 0 Å². The van der Waals surface area contributed by atoms with Gasteiger partial charge in [0.2, 0.25) is 0 Å². The second-order valence-corrected chi connectivity index (χ2v) is 11.5. The van der Waals surface area contributed by atoms with Crippen molar-refractivity contribution in [1.82, 2.24) is 10.6 Å². The molecule has 0 spiro atoms. The van der Waals surface area contributed by atoms with Crippen LogP contribution in [0.5, 0.6) is 0 Å². The molecular formula is C30H60N10O4. The van der Waals surface area contributed by atoms with Gasteiger partial charge in [-0.25, -0.2) is 9.98 Å². The molecule has 14 heteroatoms. The highest BCUT2D eigenvalue weighted by Crippen LogP contribution is 2.28. The number of unbranched alkanes of at least 4 members (excludes halogenated alkanes) is 3. The normalized spacial score (nSPS) is 18.5. The number of carboxylic acids is 2. The number of nitrogens with zero attached hydrogens (tertiary/aromatic N) is 4. The second kappa shape index (κ2) is 24.8. The number of nitrogens with one attached hydrogen (secondary N) is 2. The summed E-state index contributed by atoms with van der Waals surface area (Å²) in [6.07, 6.45) is 16.8. The lowest BCUT2D eigenvalue weighted by Gasteiger charge is -2.25. The summed E-state index contributed by atoms with van der Waals surface area (Å²) < 4.78 is 0. The third-order valence-corrected chi connectivity index (χ3v) is 7.49. The summed E-state index contributed by atoms with van der Waals surface area (Å²) in [4.78, 5) is 35.8. The lowest BCUT2D eigenvalue weighted by atomic mass is 9.85. The highest BCUT2D eigenvalue weighted by Gasteiger charge is 2.20. The molecular weight excluding hydrogens is 564 g/mol. The summed E-state index contributed by atoms with van der Waals surface area (Å²) in [5.74, 6) is 0.932. The van der Waals surface area contributed by atoms with Crippen LogP contribution < -0.4 is 33.6 Å². The molecule has 0 saturated heterocycles. The third kappa shape index (κ3) is 23.9. The average Bonchev–Trinajstić information content (AvgIpc) is 2.94. The Hall–Kier alpha value is -3.58. The van der Waals surface area contributed by atoms with Crippen LogP contribution in [-0.4, -0.2) is 71.2 Å². The van der Waals surface area contributed by atoms with Crippen LogP contribution in [-0.2, 0) is 9.59 Å². The van der Waals surface area contributed by atoms with E-state index in [4.69, 9.17) is 42.7 Å². The monoisotopic (exact) mass is 624 g/mol. The summed E-state index contributed by atoms with van der Waals surface area (Å²) >= 11 is 0. The van der Waals surface area contributed by atoms with Crippen molar-refractivity contribution in [3.05, 3.63) is 0 Å². The standard InChI is InChI=1S/C26H52N10.2C2H4O2/c1-19(21-13-7-5-8-14-21)33-25(29)35-23(27)31-17-11-3-4-12-18-32-24(28)36-26(30)34-20(2)22-15-9-6-10-16-22;2*1-2(3)4/h19-22H,3-18H2,1-2H3,(H5,27,29,31,33,35)(H5,28,30,32,34,36);2*1H3,(H,3,4). The zero-order valence-corrected chi connectivity index (χ0v) is 27.4. The number of guanidine groups is 4. The number of aliphatic carboxylic acids is 2. The number of nitrogens with two attached hydrogens (primary N) is 4. The zero-order chi connectivity index (χ0) is 33.3. The van der Waals surface area contributed by atoms with Gasteiger partial charge in [-0.1, -0.05) is 51.4 Å². The molecule has 0 aromatic heterocycles. The minimum absolute atomic E-state index is 0.214. The average molecular weight is 625 g/mol. The number of hydrogen-bond acceptors (Lipinski definition) is 6. The SMILES string of the molecule is CC(=O)O.CC(=O)O.CC(N=C(N)NC(N)=NCCCCCCN=C(N)NC(N)=NC(C)C1CCCCC1)C1CCCCC1. The van der Waals surface area contributed by atoms with Crippen LogP contribution in [0, 0.1) is 11.8 Å². The molecule has 12 N–H and O–H groups in total. The van der Waals surface area contributed by atoms with Crippen molar-refractivity contribution in [2.24, 2.45) is 54.7 Å². The van der Waals surface area contributed by atoms with E-state index >= 15 is 0 Å². The van der Waals surface area contributed by atoms with Crippen molar-refractivity contribution in [3.63, 3.8) is 0 Å². The highest BCUT2D eigenvalue weighted by atomic mass is 16.4. The fourth-order valence-electron chi connectivity index (χ4n) is 5.26. The first-order valence-electron chi connectivity index (χ1n) is 16.0. The Morgan fingerprint density at radius 1 is 0.614 bits per heavy atom. The first-order valence-corrected chi connectivity index (χ1v) is 16.0. The molecule has 2 atom stereocenters. The molecule has 2 aliphatic rings. The molecule has 0 bridgehead atoms. The minimum Gasteiger partial charge on any atom is -0.481 e. The Labute approximate surface area is 263 Å². The largest absolute Gasteiger partial charge is 0.481 e. The van der Waals surface area contributed by atoms with E-state index in [-0.39, 0.29) is 12.1 Å². The van der Waals surface area contributed by atoms with Gasteiger partial charge in [-0.15, -0.1) is 0 Å². The van der Waals surface area contributed by atoms with Gasteiger partial charge in [0.05, 0.1) is 12.1 Å². The van der Waals surface area contributed by atoms with Crippen molar-refractivity contribution >= 4 is 35.8 Å². The zero-order valence-electron chi connectivity index (χ0n) is 27.4. The van der Waals surface area contributed by atoms with Crippen LogP contribution in [0.3, 0.4) is 0 Å². The van der Waals surface area contributed by atoms with Crippen molar-refractivity contribution < 1.29 is 19.8 Å². The molecule has 0 aromatic rings. The molecule has 254 valence electrons. The smallest absolute Gasteiger partial charge is 0.300 e. The van der Waals surface area contributed by atoms with Crippen molar-refractivity contribution in [2.75, 3.05) is 13.1 Å². The van der Waals surface area contributed by atoms with Crippen LogP contribution in [0.15, 0.2) is 20.0 Å². The van der Waals surface area contributed by atoms with Crippen LogP contribution in [0.25, 0.3) is 0 Å². The third-order valence-electron chi connectivity index (χ3n) is 7.49. The van der Waals surface area contributed by atoms with Crippen LogP contribution in [0.1, 0.15) is 118 Å².